The zero-order chi connectivity index (χ0) is 15.2. The van der Waals surface area contributed by atoms with Gasteiger partial charge >= 0.3 is 0 Å². The van der Waals surface area contributed by atoms with Crippen LogP contribution in [0.25, 0.3) is 0 Å². The molecule has 2 aromatic carbocycles. The Kier molecular flexibility index (Phi) is 6.16. The van der Waals surface area contributed by atoms with Crippen molar-refractivity contribution in [3.8, 4) is 0 Å². The van der Waals surface area contributed by atoms with Crippen LogP contribution in [-0.2, 0) is 6.54 Å². The largest absolute Gasteiger partial charge is 0.312 e. The summed E-state index contributed by atoms with van der Waals surface area (Å²) >= 11 is 7.93. The summed E-state index contributed by atoms with van der Waals surface area (Å²) in [5.41, 5.74) is 2.68. The molecule has 0 saturated carbocycles. The number of hydrogen-bond donors (Lipinski definition) is 1. The molecule has 0 amide bonds. The van der Waals surface area contributed by atoms with Gasteiger partial charge in [-0.3, -0.25) is 0 Å². The van der Waals surface area contributed by atoms with Gasteiger partial charge in [0.2, 0.25) is 0 Å². The average molecular weight is 320 g/mol. The topological polar surface area (TPSA) is 12.0 Å². The van der Waals surface area contributed by atoms with E-state index >= 15 is 0 Å². The van der Waals surface area contributed by atoms with Gasteiger partial charge in [-0.2, -0.15) is 0 Å². The van der Waals surface area contributed by atoms with Gasteiger partial charge in [-0.15, -0.1) is 0 Å². The van der Waals surface area contributed by atoms with Crippen molar-refractivity contribution in [2.24, 2.45) is 5.92 Å². The minimum atomic E-state index is 0.681. The second kappa shape index (κ2) is 7.88. The smallest absolute Gasteiger partial charge is 0.0545 e. The molecule has 2 aromatic rings. The highest BCUT2D eigenvalue weighted by molar-refractivity contribution is 7.99. The van der Waals surface area contributed by atoms with E-state index in [2.05, 4.69) is 50.4 Å². The lowest BCUT2D eigenvalue weighted by Gasteiger charge is -2.11. The highest BCUT2D eigenvalue weighted by Crippen LogP contribution is 2.33. The number of hydrogen-bond acceptors (Lipinski definition) is 2. The minimum absolute atomic E-state index is 0.681. The Labute approximate surface area is 137 Å². The van der Waals surface area contributed by atoms with Crippen LogP contribution >= 0.6 is 23.4 Å². The molecule has 0 aliphatic rings. The van der Waals surface area contributed by atoms with E-state index in [9.17, 15) is 0 Å². The van der Waals surface area contributed by atoms with Gasteiger partial charge in [0.15, 0.2) is 0 Å². The first-order chi connectivity index (χ1) is 10.1. The van der Waals surface area contributed by atoms with E-state index in [1.54, 1.807) is 11.8 Å². The second-order valence-corrected chi connectivity index (χ2v) is 7.17. The van der Waals surface area contributed by atoms with Crippen LogP contribution in [0.15, 0.2) is 52.3 Å². The summed E-state index contributed by atoms with van der Waals surface area (Å²) < 4.78 is 0. The lowest BCUT2D eigenvalue weighted by atomic mass is 10.1. The molecule has 0 unspecified atom stereocenters. The van der Waals surface area contributed by atoms with E-state index < -0.39 is 0 Å². The highest BCUT2D eigenvalue weighted by atomic mass is 35.5. The van der Waals surface area contributed by atoms with Gasteiger partial charge in [0.1, 0.15) is 0 Å². The van der Waals surface area contributed by atoms with Crippen molar-refractivity contribution in [1.29, 1.82) is 0 Å². The molecule has 112 valence electrons. The summed E-state index contributed by atoms with van der Waals surface area (Å²) in [6.07, 6.45) is 0. The van der Waals surface area contributed by atoms with Crippen LogP contribution < -0.4 is 5.32 Å². The zero-order valence-corrected chi connectivity index (χ0v) is 14.4. The van der Waals surface area contributed by atoms with Gasteiger partial charge in [-0.25, -0.2) is 0 Å². The van der Waals surface area contributed by atoms with Gasteiger partial charge in [0.05, 0.1) is 5.02 Å². The Morgan fingerprint density at radius 3 is 2.57 bits per heavy atom. The third kappa shape index (κ3) is 5.06. The molecule has 0 aromatic heterocycles. The second-order valence-electron chi connectivity index (χ2n) is 5.65. The van der Waals surface area contributed by atoms with Crippen LogP contribution in [0.4, 0.5) is 0 Å². The lowest BCUT2D eigenvalue weighted by molar-refractivity contribution is 0.551. The summed E-state index contributed by atoms with van der Waals surface area (Å²) in [6, 6.07) is 14.6. The summed E-state index contributed by atoms with van der Waals surface area (Å²) in [5, 5.41) is 4.30. The Bertz CT molecular complexity index is 596. The molecule has 0 fully saturated rings. The molecule has 0 radical (unpaired) electrons. The summed E-state index contributed by atoms with van der Waals surface area (Å²) in [7, 11) is 0. The Morgan fingerprint density at radius 1 is 1.14 bits per heavy atom. The van der Waals surface area contributed by atoms with E-state index in [4.69, 9.17) is 11.6 Å². The monoisotopic (exact) mass is 319 g/mol. The molecule has 0 aliphatic carbocycles. The summed E-state index contributed by atoms with van der Waals surface area (Å²) in [5.74, 6) is 0.681. The van der Waals surface area contributed by atoms with E-state index in [1.807, 2.05) is 18.2 Å². The molecule has 0 saturated heterocycles. The molecular weight excluding hydrogens is 298 g/mol. The first-order valence-electron chi connectivity index (χ1n) is 7.29. The van der Waals surface area contributed by atoms with Crippen molar-refractivity contribution < 1.29 is 0 Å². The van der Waals surface area contributed by atoms with Crippen LogP contribution in [0, 0.1) is 12.8 Å². The van der Waals surface area contributed by atoms with Crippen molar-refractivity contribution >= 4 is 23.4 Å². The molecule has 1 N–H and O–H groups in total. The lowest BCUT2D eigenvalue weighted by Crippen LogP contribution is -2.19. The van der Waals surface area contributed by atoms with Crippen molar-refractivity contribution in [2.45, 2.75) is 37.1 Å². The molecular formula is C18H22ClNS. The third-order valence-electron chi connectivity index (χ3n) is 3.25. The predicted octanol–water partition coefficient (Wildman–Crippen LogP) is 5.55. The van der Waals surface area contributed by atoms with Crippen LogP contribution in [-0.4, -0.2) is 6.54 Å². The molecule has 21 heavy (non-hydrogen) atoms. The Morgan fingerprint density at radius 2 is 1.90 bits per heavy atom. The SMILES string of the molecule is Cc1cc(Sc2ccccc2Cl)ccc1CNCC(C)C. The normalized spacial score (nSPS) is 11.1. The molecule has 0 heterocycles. The summed E-state index contributed by atoms with van der Waals surface area (Å²) in [6.45, 7) is 8.60. The highest BCUT2D eigenvalue weighted by Gasteiger charge is 2.05. The molecule has 2 rings (SSSR count). The van der Waals surface area contributed by atoms with Crippen molar-refractivity contribution in [2.75, 3.05) is 6.54 Å². The number of aryl methyl sites for hydroxylation is 1. The van der Waals surface area contributed by atoms with E-state index in [-0.39, 0.29) is 0 Å². The number of halogens is 1. The van der Waals surface area contributed by atoms with Crippen LogP contribution in [0.2, 0.25) is 5.02 Å². The van der Waals surface area contributed by atoms with Gasteiger partial charge in [-0.1, -0.05) is 55.4 Å². The maximum atomic E-state index is 6.21. The Hall–Kier alpha value is -0.960. The molecule has 0 atom stereocenters. The molecule has 0 aliphatic heterocycles. The first kappa shape index (κ1) is 16.4. The fourth-order valence-corrected chi connectivity index (χ4v) is 3.27. The van der Waals surface area contributed by atoms with Gasteiger partial charge in [0.25, 0.3) is 0 Å². The van der Waals surface area contributed by atoms with Crippen molar-refractivity contribution in [3.63, 3.8) is 0 Å². The standard InChI is InChI=1S/C18H22ClNS/c1-13(2)11-20-12-15-8-9-16(10-14(15)3)21-18-7-5-4-6-17(18)19/h4-10,13,20H,11-12H2,1-3H3. The molecule has 0 bridgehead atoms. The fourth-order valence-electron chi connectivity index (χ4n) is 2.08. The van der Waals surface area contributed by atoms with Crippen LogP contribution in [0.5, 0.6) is 0 Å². The average Bonchev–Trinajstić information content (AvgIpc) is 2.43. The van der Waals surface area contributed by atoms with Gasteiger partial charge < -0.3 is 5.32 Å². The van der Waals surface area contributed by atoms with E-state index in [0.717, 1.165) is 23.0 Å². The molecule has 1 nitrogen and oxygen atoms in total. The number of rotatable bonds is 6. The maximum Gasteiger partial charge on any atom is 0.0545 e. The van der Waals surface area contributed by atoms with Crippen molar-refractivity contribution in [1.82, 2.24) is 5.32 Å². The van der Waals surface area contributed by atoms with Crippen LogP contribution in [0.3, 0.4) is 0 Å². The Balaban J connectivity index is 2.03. The molecule has 0 spiro atoms. The quantitative estimate of drug-likeness (QED) is 0.749. The first-order valence-corrected chi connectivity index (χ1v) is 8.48. The van der Waals surface area contributed by atoms with Gasteiger partial charge in [0, 0.05) is 16.3 Å². The van der Waals surface area contributed by atoms with E-state index in [0.29, 0.717) is 5.92 Å². The zero-order valence-electron chi connectivity index (χ0n) is 12.8. The van der Waals surface area contributed by atoms with E-state index in [1.165, 1.54) is 16.0 Å². The molecule has 3 heteroatoms. The predicted molar refractivity (Wildman–Crippen MR) is 93.3 cm³/mol. The third-order valence-corrected chi connectivity index (χ3v) is 4.75. The minimum Gasteiger partial charge on any atom is -0.312 e. The summed E-state index contributed by atoms with van der Waals surface area (Å²) in [4.78, 5) is 2.33. The number of benzene rings is 2. The van der Waals surface area contributed by atoms with Gasteiger partial charge in [-0.05, 0) is 54.8 Å². The maximum absolute atomic E-state index is 6.21. The number of nitrogens with one attached hydrogen (secondary N) is 1. The van der Waals surface area contributed by atoms with Crippen LogP contribution in [0.1, 0.15) is 25.0 Å². The van der Waals surface area contributed by atoms with Crippen molar-refractivity contribution in [3.05, 3.63) is 58.6 Å². The fraction of sp³-hybridized carbons (Fsp3) is 0.333.